The minimum Gasteiger partial charge on any atom is -0.460 e. The molecule has 1 amide bonds. The number of primary amides is 1. The topological polar surface area (TPSA) is 84.0 Å². The first-order valence-electron chi connectivity index (χ1n) is 8.26. The van der Waals surface area contributed by atoms with Gasteiger partial charge in [0.25, 0.3) is 0 Å². The highest BCUT2D eigenvalue weighted by Crippen LogP contribution is 2.20. The second-order valence-electron chi connectivity index (χ2n) is 6.15. The van der Waals surface area contributed by atoms with Gasteiger partial charge in [-0.3, -0.25) is 10.1 Å². The van der Waals surface area contributed by atoms with Crippen molar-refractivity contribution in [3.05, 3.63) is 72.1 Å². The summed E-state index contributed by atoms with van der Waals surface area (Å²) in [6.45, 7) is 0.449. The van der Waals surface area contributed by atoms with Gasteiger partial charge in [0, 0.05) is 22.5 Å². The van der Waals surface area contributed by atoms with E-state index >= 15 is 0 Å². The fraction of sp³-hybridized carbons (Fsp3) is 0.150. The highest BCUT2D eigenvalue weighted by molar-refractivity contribution is 5.85. The molecule has 4 N–H and O–H groups in total. The van der Waals surface area contributed by atoms with Crippen LogP contribution >= 0.6 is 0 Å². The van der Waals surface area contributed by atoms with Crippen molar-refractivity contribution in [3.8, 4) is 0 Å². The van der Waals surface area contributed by atoms with Gasteiger partial charge in [0.05, 0.1) is 12.6 Å². The number of nitrogens with two attached hydrogens (primary N) is 1. The van der Waals surface area contributed by atoms with Crippen molar-refractivity contribution >= 4 is 27.8 Å². The van der Waals surface area contributed by atoms with Crippen LogP contribution in [-0.4, -0.2) is 16.9 Å². The van der Waals surface area contributed by atoms with Crippen molar-refractivity contribution in [2.75, 3.05) is 0 Å². The number of H-pyrrole nitrogens is 1. The summed E-state index contributed by atoms with van der Waals surface area (Å²) in [4.78, 5) is 15.1. The van der Waals surface area contributed by atoms with E-state index in [1.165, 1.54) is 0 Å². The second kappa shape index (κ2) is 6.45. The van der Waals surface area contributed by atoms with Crippen LogP contribution in [0.1, 0.15) is 11.3 Å². The van der Waals surface area contributed by atoms with Gasteiger partial charge in [-0.05, 0) is 30.2 Å². The van der Waals surface area contributed by atoms with Crippen LogP contribution in [0.3, 0.4) is 0 Å². The molecule has 2 aromatic carbocycles. The SMILES string of the molecule is NC(=O)C(Cc1c[nH]c2ccccc12)NCc1cc2ccccc2o1. The fourth-order valence-corrected chi connectivity index (χ4v) is 3.14. The maximum Gasteiger partial charge on any atom is 0.234 e. The molecule has 126 valence electrons. The third-order valence-corrected chi connectivity index (χ3v) is 4.44. The summed E-state index contributed by atoms with van der Waals surface area (Å²) in [5.41, 5.74) is 8.55. The summed E-state index contributed by atoms with van der Waals surface area (Å²) in [5.74, 6) is 0.410. The maximum absolute atomic E-state index is 11.9. The highest BCUT2D eigenvalue weighted by atomic mass is 16.3. The Hall–Kier alpha value is -3.05. The number of carbonyl (C=O) groups is 1. The molecule has 0 aliphatic carbocycles. The molecule has 25 heavy (non-hydrogen) atoms. The first-order chi connectivity index (χ1) is 12.2. The van der Waals surface area contributed by atoms with Gasteiger partial charge < -0.3 is 15.1 Å². The normalized spacial score (nSPS) is 12.6. The number of hydrogen-bond donors (Lipinski definition) is 3. The summed E-state index contributed by atoms with van der Waals surface area (Å²) in [6, 6.07) is 17.4. The van der Waals surface area contributed by atoms with Gasteiger partial charge in [-0.1, -0.05) is 36.4 Å². The lowest BCUT2D eigenvalue weighted by atomic mass is 10.0. The molecule has 0 saturated carbocycles. The van der Waals surface area contributed by atoms with Crippen molar-refractivity contribution < 1.29 is 9.21 Å². The van der Waals surface area contributed by atoms with E-state index in [1.54, 1.807) is 0 Å². The smallest absolute Gasteiger partial charge is 0.234 e. The van der Waals surface area contributed by atoms with Crippen LogP contribution in [0, 0.1) is 0 Å². The standard InChI is InChI=1S/C20H19N3O2/c21-20(24)18(10-14-11-22-17-7-3-2-6-16(14)17)23-12-15-9-13-5-1-4-8-19(13)25-15/h1-9,11,18,22-23H,10,12H2,(H2,21,24). The number of aromatic nitrogens is 1. The lowest BCUT2D eigenvalue weighted by molar-refractivity contribution is -0.120. The molecule has 1 unspecified atom stereocenters. The Balaban J connectivity index is 1.50. The number of hydrogen-bond acceptors (Lipinski definition) is 3. The van der Waals surface area contributed by atoms with Gasteiger partial charge in [-0.25, -0.2) is 0 Å². The van der Waals surface area contributed by atoms with E-state index in [4.69, 9.17) is 10.2 Å². The number of carbonyl (C=O) groups excluding carboxylic acids is 1. The number of amides is 1. The van der Waals surface area contributed by atoms with Gasteiger partial charge in [0.15, 0.2) is 0 Å². The molecular weight excluding hydrogens is 314 g/mol. The van der Waals surface area contributed by atoms with Crippen molar-refractivity contribution in [2.24, 2.45) is 5.73 Å². The molecule has 0 spiro atoms. The molecule has 0 saturated heterocycles. The zero-order chi connectivity index (χ0) is 17.2. The molecule has 2 heterocycles. The first kappa shape index (κ1) is 15.5. The summed E-state index contributed by atoms with van der Waals surface area (Å²) in [6.07, 6.45) is 2.46. The van der Waals surface area contributed by atoms with Crippen molar-refractivity contribution in [3.63, 3.8) is 0 Å². The van der Waals surface area contributed by atoms with Crippen molar-refractivity contribution in [2.45, 2.75) is 19.0 Å². The third kappa shape index (κ3) is 3.14. The van der Waals surface area contributed by atoms with E-state index in [-0.39, 0.29) is 5.91 Å². The summed E-state index contributed by atoms with van der Waals surface area (Å²) in [5, 5.41) is 5.38. The van der Waals surface area contributed by atoms with Crippen molar-refractivity contribution in [1.29, 1.82) is 0 Å². The number of fused-ring (bicyclic) bond motifs is 2. The van der Waals surface area contributed by atoms with Gasteiger partial charge in [-0.2, -0.15) is 0 Å². The Morgan fingerprint density at radius 1 is 1.16 bits per heavy atom. The third-order valence-electron chi connectivity index (χ3n) is 4.44. The summed E-state index contributed by atoms with van der Waals surface area (Å²) >= 11 is 0. The number of furan rings is 1. The first-order valence-corrected chi connectivity index (χ1v) is 8.26. The lowest BCUT2D eigenvalue weighted by Gasteiger charge is -2.14. The molecule has 5 heteroatoms. The molecule has 0 fully saturated rings. The number of para-hydroxylation sites is 2. The second-order valence-corrected chi connectivity index (χ2v) is 6.15. The maximum atomic E-state index is 11.9. The van der Waals surface area contributed by atoms with Gasteiger partial charge in [0.1, 0.15) is 11.3 Å². The number of nitrogens with one attached hydrogen (secondary N) is 2. The van der Waals surface area contributed by atoms with E-state index in [0.29, 0.717) is 13.0 Å². The number of rotatable bonds is 6. The van der Waals surface area contributed by atoms with E-state index in [1.807, 2.05) is 60.8 Å². The van der Waals surface area contributed by atoms with Crippen LogP contribution in [0.4, 0.5) is 0 Å². The number of aromatic amines is 1. The zero-order valence-electron chi connectivity index (χ0n) is 13.7. The Labute approximate surface area is 144 Å². The Morgan fingerprint density at radius 3 is 2.80 bits per heavy atom. The molecule has 1 atom stereocenters. The fourth-order valence-electron chi connectivity index (χ4n) is 3.14. The molecule has 0 aliphatic heterocycles. The van der Waals surface area contributed by atoms with Gasteiger partial charge in [0.2, 0.25) is 5.91 Å². The largest absolute Gasteiger partial charge is 0.460 e. The zero-order valence-corrected chi connectivity index (χ0v) is 13.7. The summed E-state index contributed by atoms with van der Waals surface area (Å²) < 4.78 is 5.78. The number of benzene rings is 2. The van der Waals surface area contributed by atoms with Crippen LogP contribution in [0.15, 0.2) is 65.2 Å². The van der Waals surface area contributed by atoms with Gasteiger partial charge in [-0.15, -0.1) is 0 Å². The van der Waals surface area contributed by atoms with Crippen LogP contribution in [-0.2, 0) is 17.8 Å². The van der Waals surface area contributed by atoms with E-state index < -0.39 is 6.04 Å². The van der Waals surface area contributed by atoms with E-state index in [2.05, 4.69) is 10.3 Å². The van der Waals surface area contributed by atoms with Crippen LogP contribution in [0.25, 0.3) is 21.9 Å². The Kier molecular flexibility index (Phi) is 3.99. The average molecular weight is 333 g/mol. The molecule has 2 aromatic heterocycles. The average Bonchev–Trinajstić information content (AvgIpc) is 3.22. The van der Waals surface area contributed by atoms with Crippen LogP contribution in [0.5, 0.6) is 0 Å². The van der Waals surface area contributed by atoms with Crippen molar-refractivity contribution in [1.82, 2.24) is 10.3 Å². The molecule has 0 aliphatic rings. The minimum atomic E-state index is -0.465. The predicted molar refractivity (Wildman–Crippen MR) is 98.0 cm³/mol. The lowest BCUT2D eigenvalue weighted by Crippen LogP contribution is -2.42. The van der Waals surface area contributed by atoms with Crippen LogP contribution < -0.4 is 11.1 Å². The Morgan fingerprint density at radius 2 is 1.96 bits per heavy atom. The molecule has 5 nitrogen and oxygen atoms in total. The highest BCUT2D eigenvalue weighted by Gasteiger charge is 2.18. The predicted octanol–water partition coefficient (Wildman–Crippen LogP) is 3.10. The van der Waals surface area contributed by atoms with E-state index in [0.717, 1.165) is 33.2 Å². The van der Waals surface area contributed by atoms with E-state index in [9.17, 15) is 4.79 Å². The molecule has 4 aromatic rings. The monoisotopic (exact) mass is 333 g/mol. The van der Waals surface area contributed by atoms with Crippen LogP contribution in [0.2, 0.25) is 0 Å². The van der Waals surface area contributed by atoms with Gasteiger partial charge >= 0.3 is 0 Å². The minimum absolute atomic E-state index is 0.374. The summed E-state index contributed by atoms with van der Waals surface area (Å²) in [7, 11) is 0. The molecule has 0 radical (unpaired) electrons. The molecule has 0 bridgehead atoms. The molecular formula is C20H19N3O2. The quantitative estimate of drug-likeness (QED) is 0.507. The Bertz CT molecular complexity index is 998. The molecule has 4 rings (SSSR count).